The minimum absolute atomic E-state index is 1.01. The third-order valence-electron chi connectivity index (χ3n) is 2.95. The second-order valence-electron chi connectivity index (χ2n) is 3.81. The van der Waals surface area contributed by atoms with Crippen molar-refractivity contribution >= 4 is 5.69 Å². The number of nitrogens with one attached hydrogen (secondary N) is 2. The molecule has 0 saturated carbocycles. The van der Waals surface area contributed by atoms with Crippen LogP contribution >= 0.6 is 0 Å². The van der Waals surface area contributed by atoms with Crippen LogP contribution in [0.5, 0.6) is 0 Å². The molecule has 2 rings (SSSR count). The summed E-state index contributed by atoms with van der Waals surface area (Å²) in [6.07, 6.45) is 2.28. The van der Waals surface area contributed by atoms with Gasteiger partial charge in [-0.2, -0.15) is 0 Å². The van der Waals surface area contributed by atoms with Crippen molar-refractivity contribution in [1.82, 2.24) is 5.32 Å². The second-order valence-corrected chi connectivity index (χ2v) is 3.81. The maximum Gasteiger partial charge on any atom is 0.0388 e. The summed E-state index contributed by atoms with van der Waals surface area (Å²) in [5, 5.41) is 6.70. The van der Waals surface area contributed by atoms with Gasteiger partial charge in [0.25, 0.3) is 0 Å². The van der Waals surface area contributed by atoms with Gasteiger partial charge in [0.2, 0.25) is 0 Å². The largest absolute Gasteiger partial charge is 0.388 e. The molecule has 2 heteroatoms. The number of rotatable bonds is 2. The van der Waals surface area contributed by atoms with Crippen LogP contribution in [0.25, 0.3) is 0 Å². The highest BCUT2D eigenvalue weighted by Crippen LogP contribution is 2.25. The lowest BCUT2D eigenvalue weighted by Gasteiger charge is -2.21. The Morgan fingerprint density at radius 2 is 2.29 bits per heavy atom. The van der Waals surface area contributed by atoms with Crippen molar-refractivity contribution < 1.29 is 0 Å². The zero-order valence-electron chi connectivity index (χ0n) is 8.98. The van der Waals surface area contributed by atoms with E-state index in [0.717, 1.165) is 25.9 Å². The highest BCUT2D eigenvalue weighted by Gasteiger charge is 2.12. The number of hydrogen-bond acceptors (Lipinski definition) is 2. The quantitative estimate of drug-likeness (QED) is 0.744. The van der Waals surface area contributed by atoms with Crippen LogP contribution in [-0.2, 0) is 19.4 Å². The van der Waals surface area contributed by atoms with Gasteiger partial charge in [0.1, 0.15) is 0 Å². The van der Waals surface area contributed by atoms with Crippen LogP contribution in [-0.4, -0.2) is 13.6 Å². The maximum atomic E-state index is 3.41. The molecule has 0 unspecified atom stereocenters. The van der Waals surface area contributed by atoms with Crippen LogP contribution < -0.4 is 10.6 Å². The van der Waals surface area contributed by atoms with Crippen molar-refractivity contribution in [3.05, 3.63) is 28.8 Å². The van der Waals surface area contributed by atoms with Crippen molar-refractivity contribution in [2.75, 3.05) is 18.9 Å². The van der Waals surface area contributed by atoms with E-state index in [1.54, 1.807) is 0 Å². The van der Waals surface area contributed by atoms with Crippen LogP contribution in [0.1, 0.15) is 23.6 Å². The van der Waals surface area contributed by atoms with Gasteiger partial charge in [0, 0.05) is 19.3 Å². The molecule has 1 heterocycles. The van der Waals surface area contributed by atoms with Crippen LogP contribution in [0, 0.1) is 0 Å². The Kier molecular flexibility index (Phi) is 2.73. The molecular weight excluding hydrogens is 172 g/mol. The highest BCUT2D eigenvalue weighted by atomic mass is 14.9. The van der Waals surface area contributed by atoms with E-state index >= 15 is 0 Å². The zero-order valence-corrected chi connectivity index (χ0v) is 8.98. The van der Waals surface area contributed by atoms with E-state index in [4.69, 9.17) is 0 Å². The van der Waals surface area contributed by atoms with Gasteiger partial charge in [-0.3, -0.25) is 0 Å². The van der Waals surface area contributed by atoms with Gasteiger partial charge in [0.05, 0.1) is 0 Å². The van der Waals surface area contributed by atoms with E-state index < -0.39 is 0 Å². The Balaban J connectivity index is 2.47. The Morgan fingerprint density at radius 1 is 1.43 bits per heavy atom. The maximum absolute atomic E-state index is 3.41. The van der Waals surface area contributed by atoms with Gasteiger partial charge < -0.3 is 10.6 Å². The van der Waals surface area contributed by atoms with Crippen LogP contribution in [0.15, 0.2) is 12.1 Å². The summed E-state index contributed by atoms with van der Waals surface area (Å²) in [4.78, 5) is 0. The zero-order chi connectivity index (χ0) is 9.97. The Labute approximate surface area is 85.7 Å². The number of benzene rings is 1. The lowest BCUT2D eigenvalue weighted by atomic mass is 9.95. The van der Waals surface area contributed by atoms with E-state index in [-0.39, 0.29) is 0 Å². The molecule has 1 aliphatic rings. The van der Waals surface area contributed by atoms with Gasteiger partial charge in [0.15, 0.2) is 0 Å². The molecule has 0 spiro atoms. The summed E-state index contributed by atoms with van der Waals surface area (Å²) in [5.74, 6) is 0. The minimum Gasteiger partial charge on any atom is -0.388 e. The molecule has 1 aliphatic heterocycles. The molecule has 1 aromatic rings. The van der Waals surface area contributed by atoms with E-state index in [1.807, 2.05) is 7.05 Å². The van der Waals surface area contributed by atoms with Crippen LogP contribution in [0.2, 0.25) is 0 Å². The van der Waals surface area contributed by atoms with Crippen LogP contribution in [0.4, 0.5) is 5.69 Å². The molecule has 0 atom stereocenters. The normalized spacial score (nSPS) is 15.0. The predicted molar refractivity (Wildman–Crippen MR) is 60.8 cm³/mol. The third kappa shape index (κ3) is 1.62. The van der Waals surface area contributed by atoms with E-state index in [2.05, 4.69) is 29.7 Å². The SMILES string of the molecule is CCc1cc2c(c(NC)c1)CNCC2. The Morgan fingerprint density at radius 3 is 3.00 bits per heavy atom. The van der Waals surface area contributed by atoms with Gasteiger partial charge in [-0.1, -0.05) is 13.0 Å². The summed E-state index contributed by atoms with van der Waals surface area (Å²) in [6, 6.07) is 4.63. The van der Waals surface area contributed by atoms with Crippen molar-refractivity contribution in [2.45, 2.75) is 26.3 Å². The van der Waals surface area contributed by atoms with Gasteiger partial charge in [-0.25, -0.2) is 0 Å². The molecule has 76 valence electrons. The number of aryl methyl sites for hydroxylation is 1. The van der Waals surface area contributed by atoms with Crippen molar-refractivity contribution in [3.8, 4) is 0 Å². The fourth-order valence-electron chi connectivity index (χ4n) is 2.09. The molecule has 0 saturated heterocycles. The first-order valence-corrected chi connectivity index (χ1v) is 5.38. The van der Waals surface area contributed by atoms with E-state index in [0.29, 0.717) is 0 Å². The van der Waals surface area contributed by atoms with Gasteiger partial charge in [-0.15, -0.1) is 0 Å². The minimum atomic E-state index is 1.01. The molecule has 14 heavy (non-hydrogen) atoms. The molecule has 0 aromatic heterocycles. The lowest BCUT2D eigenvalue weighted by Crippen LogP contribution is -2.24. The second kappa shape index (κ2) is 4.01. The van der Waals surface area contributed by atoms with Crippen molar-refractivity contribution in [2.24, 2.45) is 0 Å². The molecule has 1 aromatic carbocycles. The van der Waals surface area contributed by atoms with Gasteiger partial charge in [-0.05, 0) is 42.1 Å². The molecular formula is C12H18N2. The topological polar surface area (TPSA) is 24.1 Å². The lowest BCUT2D eigenvalue weighted by molar-refractivity contribution is 0.644. The predicted octanol–water partition coefficient (Wildman–Crippen LogP) is 1.94. The molecule has 2 N–H and O–H groups in total. The monoisotopic (exact) mass is 190 g/mol. The van der Waals surface area contributed by atoms with Crippen molar-refractivity contribution in [3.63, 3.8) is 0 Å². The Bertz CT molecular complexity index is 314. The van der Waals surface area contributed by atoms with Crippen molar-refractivity contribution in [1.29, 1.82) is 0 Å². The fourth-order valence-corrected chi connectivity index (χ4v) is 2.09. The average Bonchev–Trinajstić information content (AvgIpc) is 2.27. The summed E-state index contributed by atoms with van der Waals surface area (Å²) in [7, 11) is 2.00. The highest BCUT2D eigenvalue weighted by molar-refractivity contribution is 5.57. The third-order valence-corrected chi connectivity index (χ3v) is 2.95. The van der Waals surface area contributed by atoms with Crippen LogP contribution in [0.3, 0.4) is 0 Å². The number of hydrogen-bond donors (Lipinski definition) is 2. The number of fused-ring (bicyclic) bond motifs is 1. The smallest absolute Gasteiger partial charge is 0.0388 e. The molecule has 0 bridgehead atoms. The number of anilines is 1. The summed E-state index contributed by atoms with van der Waals surface area (Å²) in [6.45, 7) is 4.33. The van der Waals surface area contributed by atoms with E-state index in [1.165, 1.54) is 22.4 Å². The molecule has 0 amide bonds. The average molecular weight is 190 g/mol. The summed E-state index contributed by atoms with van der Waals surface area (Å²) in [5.41, 5.74) is 5.71. The Hall–Kier alpha value is -1.02. The first kappa shape index (κ1) is 9.53. The first-order chi connectivity index (χ1) is 6.85. The molecule has 0 fully saturated rings. The summed E-state index contributed by atoms with van der Waals surface area (Å²) >= 11 is 0. The summed E-state index contributed by atoms with van der Waals surface area (Å²) < 4.78 is 0. The molecule has 2 nitrogen and oxygen atoms in total. The van der Waals surface area contributed by atoms with E-state index in [9.17, 15) is 0 Å². The molecule has 0 radical (unpaired) electrons. The first-order valence-electron chi connectivity index (χ1n) is 5.38. The molecule has 0 aliphatic carbocycles. The van der Waals surface area contributed by atoms with Gasteiger partial charge >= 0.3 is 0 Å². The fraction of sp³-hybridized carbons (Fsp3) is 0.500. The standard InChI is InChI=1S/C12H18N2/c1-3-9-6-10-4-5-14-8-11(10)12(7-9)13-2/h6-7,13-14H,3-5,8H2,1-2H3.